The summed E-state index contributed by atoms with van der Waals surface area (Å²) >= 11 is 0. The maximum atomic E-state index is 14.1. The van der Waals surface area contributed by atoms with Crippen molar-refractivity contribution in [3.63, 3.8) is 0 Å². The summed E-state index contributed by atoms with van der Waals surface area (Å²) in [6, 6.07) is 6.84. The van der Waals surface area contributed by atoms with Crippen molar-refractivity contribution in [2.24, 2.45) is 10.2 Å². The second-order valence-corrected chi connectivity index (χ2v) is 14.7. The third kappa shape index (κ3) is 12.8. The van der Waals surface area contributed by atoms with E-state index in [1.165, 1.54) is 50.7 Å². The number of rotatable bonds is 18. The van der Waals surface area contributed by atoms with Gasteiger partial charge in [-0.1, -0.05) is 82.6 Å². The number of amides is 1. The largest absolute Gasteiger partial charge is 1.00 e. The van der Waals surface area contributed by atoms with E-state index in [2.05, 4.69) is 17.2 Å². The smallest absolute Gasteiger partial charge is 0.870 e. The molecule has 0 aliphatic rings. The minimum absolute atomic E-state index is 0. The predicted molar refractivity (Wildman–Crippen MR) is 172 cm³/mol. The first-order chi connectivity index (χ1) is 24.0. The molecule has 3 aromatic rings. The van der Waals surface area contributed by atoms with E-state index in [1.54, 1.807) is 12.1 Å². The van der Waals surface area contributed by atoms with Crippen LogP contribution in [-0.4, -0.2) is 49.9 Å². The molecule has 54 heavy (non-hydrogen) atoms. The molecule has 1 amide bonds. The number of carbonyl (C=O) groups excluding carboxylic acids is 1. The summed E-state index contributed by atoms with van der Waals surface area (Å²) in [4.78, 5) is 9.30. The third-order valence-electron chi connectivity index (χ3n) is 7.98. The minimum atomic E-state index is -6.97. The Morgan fingerprint density at radius 2 is 1.31 bits per heavy atom. The van der Waals surface area contributed by atoms with Gasteiger partial charge in [-0.3, -0.25) is 9.35 Å². The molecule has 0 aliphatic carbocycles. The first-order valence-corrected chi connectivity index (χ1v) is 18.8. The summed E-state index contributed by atoms with van der Waals surface area (Å²) in [6.45, 7) is 2.16. The number of fused-ring (bicyclic) bond motifs is 1. The van der Waals surface area contributed by atoms with Crippen LogP contribution in [0.25, 0.3) is 10.8 Å². The van der Waals surface area contributed by atoms with Crippen molar-refractivity contribution in [1.82, 2.24) is 0 Å². The van der Waals surface area contributed by atoms with Crippen molar-refractivity contribution >= 4 is 54.0 Å². The Morgan fingerprint density at radius 1 is 0.796 bits per heavy atom. The van der Waals surface area contributed by atoms with Crippen LogP contribution in [0.1, 0.15) is 76.7 Å². The second-order valence-electron chi connectivity index (χ2n) is 11.9. The molecule has 0 fully saturated rings. The number of unbranched alkanes of at least 4 members (excludes halogenated alkanes) is 9. The van der Waals surface area contributed by atoms with Gasteiger partial charge < -0.3 is 15.0 Å². The molecular formula is C32H34F7N3Na2O8S2. The molecule has 2 N–H and O–H groups in total. The molecule has 3 rings (SSSR count). The number of halogens is 7. The number of nitrogens with zero attached hydrogens (tertiary/aromatic N) is 2. The summed E-state index contributed by atoms with van der Waals surface area (Å²) in [6.07, 6.45) is 5.22. The fourth-order valence-corrected chi connectivity index (χ4v) is 6.34. The average molecular weight is 832 g/mol. The number of hydrogen-bond acceptors (Lipinski definition) is 9. The number of alkyl halides is 7. The van der Waals surface area contributed by atoms with Gasteiger partial charge in [0.2, 0.25) is 0 Å². The van der Waals surface area contributed by atoms with E-state index in [0.29, 0.717) is 12.1 Å². The molecule has 11 nitrogen and oxygen atoms in total. The van der Waals surface area contributed by atoms with Gasteiger partial charge in [-0.15, -0.1) is 5.11 Å². The Labute approximate surface area is 351 Å². The monoisotopic (exact) mass is 831 g/mol. The standard InChI is InChI=1S/C32H36F7N3O8S2.2Na/c1-2-3-4-5-6-7-8-9-10-11-12-20-13-15-22(16-14-20)41-42-27-25(52(48,49)50)18-21-17-23(51(45,46)47)19-24(26(21)28(27)43)40-29(44)30(33,34)31(35,36)32(37,38)39;;/h13-19,43H,2-12H2,1H3,(H,40,44)(H,45,46,47)(H,48,49,50);;/q;2*+1/p-2. The van der Waals surface area contributed by atoms with Gasteiger partial charge >= 0.3 is 83.0 Å². The van der Waals surface area contributed by atoms with Crippen LogP contribution >= 0.6 is 0 Å². The quantitative estimate of drug-likeness (QED) is 0.0644. The van der Waals surface area contributed by atoms with Crippen LogP contribution in [0.15, 0.2) is 62.5 Å². The molecule has 0 saturated carbocycles. The Balaban J connectivity index is 0.00000729. The average Bonchev–Trinajstić information content (AvgIpc) is 3.03. The van der Waals surface area contributed by atoms with Crippen LogP contribution < -0.4 is 69.5 Å². The van der Waals surface area contributed by atoms with Gasteiger partial charge in [-0.25, -0.2) is 8.42 Å². The first kappa shape index (κ1) is 50.1. The number of anilines is 1. The Kier molecular flexibility index (Phi) is 19.0. The zero-order chi connectivity index (χ0) is 39.1. The van der Waals surface area contributed by atoms with Gasteiger partial charge in [0.1, 0.15) is 15.0 Å². The number of azo groups is 1. The van der Waals surface area contributed by atoms with Crippen LogP contribution in [0.5, 0.6) is 5.75 Å². The summed E-state index contributed by atoms with van der Waals surface area (Å²) in [5.41, 5.74) is -1.83. The van der Waals surface area contributed by atoms with Crippen molar-refractivity contribution in [3.05, 3.63) is 48.0 Å². The SMILES string of the molecule is CCCCCCCCCCCCc1ccc(N=Nc2c(S(=O)(=O)O)cc3cc(S(=O)(=O)[O-])cc(NC(=O)C(F)(F)C(F)(F)C(F)(F)F)c3c2[O-])cc1.[Na+].[Na+]. The summed E-state index contributed by atoms with van der Waals surface area (Å²) in [5.74, 6) is -18.6. The van der Waals surface area contributed by atoms with E-state index in [9.17, 15) is 66.6 Å². The maximum Gasteiger partial charge on any atom is 1.00 e. The van der Waals surface area contributed by atoms with Crippen LogP contribution in [-0.2, 0) is 31.5 Å². The Bertz CT molecular complexity index is 2000. The van der Waals surface area contributed by atoms with Crippen LogP contribution in [0, 0.1) is 0 Å². The fourth-order valence-electron chi connectivity index (χ4n) is 5.15. The number of carbonyl (C=O) groups is 1. The topological polar surface area (TPSA) is 188 Å². The molecule has 0 bridgehead atoms. The number of benzene rings is 3. The van der Waals surface area contributed by atoms with Gasteiger partial charge in [0, 0.05) is 5.69 Å². The van der Waals surface area contributed by atoms with Crippen molar-refractivity contribution < 1.29 is 126 Å². The van der Waals surface area contributed by atoms with E-state index >= 15 is 0 Å². The van der Waals surface area contributed by atoms with E-state index in [-0.39, 0.29) is 70.9 Å². The number of nitrogens with one attached hydrogen (secondary N) is 1. The first-order valence-electron chi connectivity index (χ1n) is 15.9. The Morgan fingerprint density at radius 3 is 1.80 bits per heavy atom. The van der Waals surface area contributed by atoms with E-state index in [1.807, 2.05) is 0 Å². The molecule has 0 aromatic heterocycles. The van der Waals surface area contributed by atoms with Crippen molar-refractivity contribution in [2.45, 2.75) is 105 Å². The van der Waals surface area contributed by atoms with Gasteiger partial charge in [0.25, 0.3) is 10.1 Å². The summed E-state index contributed by atoms with van der Waals surface area (Å²) < 4.78 is 163. The number of hydrogen-bond donors (Lipinski definition) is 2. The van der Waals surface area contributed by atoms with E-state index in [0.717, 1.165) is 43.0 Å². The van der Waals surface area contributed by atoms with Crippen molar-refractivity contribution in [2.75, 3.05) is 5.32 Å². The van der Waals surface area contributed by atoms with Gasteiger partial charge in [-0.05, 0) is 59.5 Å². The predicted octanol–water partition coefficient (Wildman–Crippen LogP) is 2.72. The van der Waals surface area contributed by atoms with Crippen molar-refractivity contribution in [3.8, 4) is 5.75 Å². The molecule has 288 valence electrons. The second kappa shape index (κ2) is 20.5. The zero-order valence-electron chi connectivity index (χ0n) is 29.5. The van der Waals surface area contributed by atoms with Crippen LogP contribution in [0.3, 0.4) is 0 Å². The summed E-state index contributed by atoms with van der Waals surface area (Å²) in [5, 5.41) is 19.5. The molecule has 22 heteroatoms. The third-order valence-corrected chi connectivity index (χ3v) is 9.66. The Hall–Kier alpha value is -1.88. The molecule has 0 atom stereocenters. The van der Waals surface area contributed by atoms with Gasteiger partial charge in [0.05, 0.1) is 16.3 Å². The normalized spacial score (nSPS) is 12.8. The fraction of sp³-hybridized carbons (Fsp3) is 0.469. The van der Waals surface area contributed by atoms with Gasteiger partial charge in [0.15, 0.2) is 0 Å². The molecule has 0 aliphatic heterocycles. The van der Waals surface area contributed by atoms with E-state index in [4.69, 9.17) is 0 Å². The molecule has 3 aromatic carbocycles. The minimum Gasteiger partial charge on any atom is -0.870 e. The van der Waals surface area contributed by atoms with Crippen molar-refractivity contribution in [1.29, 1.82) is 0 Å². The van der Waals surface area contributed by atoms with Gasteiger partial charge in [-0.2, -0.15) is 44.3 Å². The molecule has 0 heterocycles. The van der Waals surface area contributed by atoms with Crippen LogP contribution in [0.4, 0.5) is 47.8 Å². The molecule has 0 radical (unpaired) electrons. The molecule has 0 spiro atoms. The number of aryl methyl sites for hydroxylation is 1. The molecule has 0 unspecified atom stereocenters. The summed E-state index contributed by atoms with van der Waals surface area (Å²) in [7, 11) is -11.1. The maximum absolute atomic E-state index is 14.1. The van der Waals surface area contributed by atoms with Crippen LogP contribution in [0.2, 0.25) is 0 Å². The van der Waals surface area contributed by atoms with E-state index < -0.39 is 81.9 Å². The molecule has 0 saturated heterocycles. The molecular weight excluding hydrogens is 797 g/mol. The zero-order valence-corrected chi connectivity index (χ0v) is 35.1.